The predicted molar refractivity (Wildman–Crippen MR) is 64.9 cm³/mol. The zero-order chi connectivity index (χ0) is 13.4. The minimum absolute atomic E-state index is 0.00292. The van der Waals surface area contributed by atoms with E-state index in [1.807, 2.05) is 0 Å². The Labute approximate surface area is 111 Å². The zero-order valence-electron chi connectivity index (χ0n) is 9.80. The van der Waals surface area contributed by atoms with Gasteiger partial charge in [-0.25, -0.2) is 23.1 Å². The van der Waals surface area contributed by atoms with E-state index in [1.54, 1.807) is 7.11 Å². The van der Waals surface area contributed by atoms with Gasteiger partial charge in [0, 0.05) is 13.7 Å². The summed E-state index contributed by atoms with van der Waals surface area (Å²) in [6.07, 6.45) is 2.28. The third kappa shape index (κ3) is 5.23. The molecule has 0 saturated heterocycles. The molecule has 1 aromatic rings. The van der Waals surface area contributed by atoms with Gasteiger partial charge in [0.05, 0.1) is 32.2 Å². The van der Waals surface area contributed by atoms with Crippen molar-refractivity contribution in [2.45, 2.75) is 4.90 Å². The Balaban J connectivity index is 2.38. The van der Waals surface area contributed by atoms with Crippen LogP contribution >= 0.6 is 11.6 Å². The molecule has 1 heterocycles. The van der Waals surface area contributed by atoms with Crippen LogP contribution in [0.2, 0.25) is 5.28 Å². The molecule has 0 radical (unpaired) electrons. The maximum atomic E-state index is 11.7. The van der Waals surface area contributed by atoms with Crippen LogP contribution in [-0.4, -0.2) is 51.9 Å². The van der Waals surface area contributed by atoms with E-state index in [0.717, 1.165) is 12.4 Å². The van der Waals surface area contributed by atoms with Crippen molar-refractivity contribution in [1.29, 1.82) is 0 Å². The molecule has 0 saturated carbocycles. The van der Waals surface area contributed by atoms with Crippen LogP contribution in [0.5, 0.6) is 0 Å². The average molecular weight is 296 g/mol. The van der Waals surface area contributed by atoms with Gasteiger partial charge in [-0.2, -0.15) is 0 Å². The second kappa shape index (κ2) is 7.59. The van der Waals surface area contributed by atoms with E-state index in [4.69, 9.17) is 21.1 Å². The number of hydrogen-bond donors (Lipinski definition) is 1. The fourth-order valence-corrected chi connectivity index (χ4v) is 2.01. The van der Waals surface area contributed by atoms with Crippen LogP contribution in [0, 0.1) is 0 Å². The van der Waals surface area contributed by atoms with E-state index < -0.39 is 10.0 Å². The number of ether oxygens (including phenoxy) is 2. The lowest BCUT2D eigenvalue weighted by Gasteiger charge is -2.06. The Morgan fingerprint density at radius 1 is 1.28 bits per heavy atom. The van der Waals surface area contributed by atoms with Crippen LogP contribution < -0.4 is 4.72 Å². The van der Waals surface area contributed by atoms with Crippen LogP contribution in [0.15, 0.2) is 17.3 Å². The first-order valence-corrected chi connectivity index (χ1v) is 6.96. The lowest BCUT2D eigenvalue weighted by molar-refractivity contribution is 0.0736. The first-order chi connectivity index (χ1) is 8.56. The second-order valence-electron chi connectivity index (χ2n) is 3.19. The molecule has 1 aromatic heterocycles. The molecule has 7 nitrogen and oxygen atoms in total. The van der Waals surface area contributed by atoms with E-state index in [-0.39, 0.29) is 23.3 Å². The summed E-state index contributed by atoms with van der Waals surface area (Å²) in [4.78, 5) is 7.16. The van der Waals surface area contributed by atoms with Crippen molar-refractivity contribution in [1.82, 2.24) is 14.7 Å². The van der Waals surface area contributed by atoms with Crippen molar-refractivity contribution in [2.75, 3.05) is 33.5 Å². The average Bonchev–Trinajstić information content (AvgIpc) is 2.34. The van der Waals surface area contributed by atoms with Gasteiger partial charge >= 0.3 is 0 Å². The summed E-state index contributed by atoms with van der Waals surface area (Å²) in [6.45, 7) is 1.31. The number of sulfonamides is 1. The maximum Gasteiger partial charge on any atom is 0.243 e. The first-order valence-electron chi connectivity index (χ1n) is 5.10. The normalized spacial score (nSPS) is 11.7. The Bertz CT molecular complexity index is 451. The summed E-state index contributed by atoms with van der Waals surface area (Å²) in [5, 5.41) is -0.00292. The Kier molecular flexibility index (Phi) is 6.44. The SMILES string of the molecule is COCCOCCNS(=O)(=O)c1cnc(Cl)nc1. The minimum Gasteiger partial charge on any atom is -0.382 e. The largest absolute Gasteiger partial charge is 0.382 e. The molecular formula is C9H14ClN3O4S. The monoisotopic (exact) mass is 295 g/mol. The number of nitrogens with one attached hydrogen (secondary N) is 1. The summed E-state index contributed by atoms with van der Waals surface area (Å²) in [5.41, 5.74) is 0. The fraction of sp³-hybridized carbons (Fsp3) is 0.556. The van der Waals surface area contributed by atoms with Crippen molar-refractivity contribution < 1.29 is 17.9 Å². The first kappa shape index (κ1) is 15.3. The summed E-state index contributed by atoms with van der Waals surface area (Å²) in [5.74, 6) is 0. The van der Waals surface area contributed by atoms with Gasteiger partial charge in [0.15, 0.2) is 0 Å². The van der Waals surface area contributed by atoms with Gasteiger partial charge in [-0.05, 0) is 11.6 Å². The Morgan fingerprint density at radius 2 is 1.94 bits per heavy atom. The van der Waals surface area contributed by atoms with Gasteiger partial charge in [0.1, 0.15) is 4.90 Å². The molecule has 18 heavy (non-hydrogen) atoms. The summed E-state index contributed by atoms with van der Waals surface area (Å²) < 4.78 is 35.7. The predicted octanol–water partition coefficient (Wildman–Crippen LogP) is 0.0713. The van der Waals surface area contributed by atoms with E-state index in [2.05, 4.69) is 14.7 Å². The van der Waals surface area contributed by atoms with Crippen molar-refractivity contribution in [3.63, 3.8) is 0 Å². The molecule has 0 atom stereocenters. The molecule has 9 heteroatoms. The molecular weight excluding hydrogens is 282 g/mol. The molecule has 0 bridgehead atoms. The van der Waals surface area contributed by atoms with Crippen LogP contribution in [-0.2, 0) is 19.5 Å². The Hall–Kier alpha value is -0.800. The van der Waals surface area contributed by atoms with Gasteiger partial charge in [-0.15, -0.1) is 0 Å². The van der Waals surface area contributed by atoms with E-state index in [9.17, 15) is 8.42 Å². The summed E-state index contributed by atoms with van der Waals surface area (Å²) in [7, 11) is -2.05. The van der Waals surface area contributed by atoms with Gasteiger partial charge < -0.3 is 9.47 Å². The molecule has 1 rings (SSSR count). The van der Waals surface area contributed by atoms with Crippen molar-refractivity contribution >= 4 is 21.6 Å². The minimum atomic E-state index is -3.61. The smallest absolute Gasteiger partial charge is 0.243 e. The topological polar surface area (TPSA) is 90.4 Å². The zero-order valence-corrected chi connectivity index (χ0v) is 11.4. The van der Waals surface area contributed by atoms with Crippen molar-refractivity contribution in [3.8, 4) is 0 Å². The number of rotatable bonds is 8. The van der Waals surface area contributed by atoms with Gasteiger partial charge in [0.25, 0.3) is 0 Å². The molecule has 0 aliphatic rings. The maximum absolute atomic E-state index is 11.7. The molecule has 0 spiro atoms. The molecule has 0 amide bonds. The van der Waals surface area contributed by atoms with Crippen LogP contribution in [0.1, 0.15) is 0 Å². The van der Waals surface area contributed by atoms with Gasteiger partial charge in [-0.1, -0.05) is 0 Å². The Morgan fingerprint density at radius 3 is 2.56 bits per heavy atom. The highest BCUT2D eigenvalue weighted by Crippen LogP contribution is 2.06. The lowest BCUT2D eigenvalue weighted by Crippen LogP contribution is -2.28. The fourth-order valence-electron chi connectivity index (χ4n) is 1.02. The third-order valence-corrected chi connectivity index (χ3v) is 3.49. The highest BCUT2D eigenvalue weighted by Gasteiger charge is 2.14. The van der Waals surface area contributed by atoms with E-state index in [1.165, 1.54) is 0 Å². The van der Waals surface area contributed by atoms with Crippen molar-refractivity contribution in [2.24, 2.45) is 0 Å². The molecule has 0 unspecified atom stereocenters. The third-order valence-electron chi connectivity index (χ3n) is 1.88. The number of aromatic nitrogens is 2. The highest BCUT2D eigenvalue weighted by atomic mass is 35.5. The van der Waals surface area contributed by atoms with Crippen LogP contribution in [0.25, 0.3) is 0 Å². The van der Waals surface area contributed by atoms with Crippen molar-refractivity contribution in [3.05, 3.63) is 17.7 Å². The summed E-state index contributed by atoms with van der Waals surface area (Å²) >= 11 is 5.47. The second-order valence-corrected chi connectivity index (χ2v) is 5.30. The van der Waals surface area contributed by atoms with E-state index >= 15 is 0 Å². The molecule has 102 valence electrons. The van der Waals surface area contributed by atoms with Crippen LogP contribution in [0.4, 0.5) is 0 Å². The highest BCUT2D eigenvalue weighted by molar-refractivity contribution is 7.89. The van der Waals surface area contributed by atoms with Gasteiger partial charge in [0.2, 0.25) is 15.3 Å². The molecule has 0 aliphatic heterocycles. The standard InChI is InChI=1S/C9H14ClN3O4S/c1-16-4-5-17-3-2-13-18(14,15)8-6-11-9(10)12-7-8/h6-7,13H,2-5H2,1H3. The molecule has 0 aromatic carbocycles. The van der Waals surface area contributed by atoms with Gasteiger partial charge in [-0.3, -0.25) is 0 Å². The number of hydrogen-bond acceptors (Lipinski definition) is 6. The number of halogens is 1. The number of nitrogens with zero attached hydrogens (tertiary/aromatic N) is 2. The lowest BCUT2D eigenvalue weighted by atomic mass is 10.7. The van der Waals surface area contributed by atoms with E-state index in [0.29, 0.717) is 13.2 Å². The van der Waals surface area contributed by atoms with Crippen LogP contribution in [0.3, 0.4) is 0 Å². The quantitative estimate of drug-likeness (QED) is 0.539. The molecule has 0 aliphatic carbocycles. The summed E-state index contributed by atoms with van der Waals surface area (Å²) in [6, 6.07) is 0. The number of methoxy groups -OCH3 is 1. The molecule has 0 fully saturated rings. The molecule has 1 N–H and O–H groups in total.